The third kappa shape index (κ3) is 4.82. The van der Waals surface area contributed by atoms with Crippen molar-refractivity contribution in [2.24, 2.45) is 5.92 Å². The quantitative estimate of drug-likeness (QED) is 0.450. The second-order valence-corrected chi connectivity index (χ2v) is 6.70. The number of hydrogen-bond acceptors (Lipinski definition) is 5. The predicted molar refractivity (Wildman–Crippen MR) is 103 cm³/mol. The molecule has 26 heavy (non-hydrogen) atoms. The number of amides is 2. The second-order valence-electron chi connectivity index (χ2n) is 5.82. The van der Waals surface area contributed by atoms with Gasteiger partial charge in [0.15, 0.2) is 0 Å². The van der Waals surface area contributed by atoms with Crippen LogP contribution < -0.4 is 10.6 Å². The van der Waals surface area contributed by atoms with Crippen LogP contribution in [0.4, 0.5) is 17.1 Å². The molecular formula is C18H19N3O4S. The molecule has 0 atom stereocenters. The molecule has 0 aromatic heterocycles. The fourth-order valence-electron chi connectivity index (χ4n) is 2.11. The van der Waals surface area contributed by atoms with Crippen LogP contribution in [0, 0.1) is 16.0 Å². The average Bonchev–Trinajstić information content (AvgIpc) is 2.62. The lowest BCUT2D eigenvalue weighted by molar-refractivity contribution is -0.385. The van der Waals surface area contributed by atoms with Gasteiger partial charge in [-0.3, -0.25) is 19.7 Å². The van der Waals surface area contributed by atoms with E-state index in [1.165, 1.54) is 23.9 Å². The van der Waals surface area contributed by atoms with Crippen molar-refractivity contribution >= 4 is 40.6 Å². The van der Waals surface area contributed by atoms with Gasteiger partial charge < -0.3 is 10.6 Å². The average molecular weight is 373 g/mol. The highest BCUT2D eigenvalue weighted by molar-refractivity contribution is 7.98. The number of nitrogens with zero attached hydrogens (tertiary/aromatic N) is 1. The van der Waals surface area contributed by atoms with Gasteiger partial charge in [-0.1, -0.05) is 13.8 Å². The summed E-state index contributed by atoms with van der Waals surface area (Å²) >= 11 is 1.39. The minimum absolute atomic E-state index is 0.000892. The van der Waals surface area contributed by atoms with E-state index in [2.05, 4.69) is 10.6 Å². The highest BCUT2D eigenvalue weighted by Crippen LogP contribution is 2.26. The van der Waals surface area contributed by atoms with Crippen molar-refractivity contribution < 1.29 is 14.5 Å². The van der Waals surface area contributed by atoms with Crippen LogP contribution in [-0.4, -0.2) is 23.0 Å². The summed E-state index contributed by atoms with van der Waals surface area (Å²) < 4.78 is 0. The van der Waals surface area contributed by atoms with Gasteiger partial charge in [0, 0.05) is 28.3 Å². The van der Waals surface area contributed by atoms with Gasteiger partial charge in [-0.25, -0.2) is 0 Å². The Hall–Kier alpha value is -2.87. The van der Waals surface area contributed by atoms with Gasteiger partial charge in [-0.05, 0) is 42.7 Å². The lowest BCUT2D eigenvalue weighted by Gasteiger charge is -2.10. The van der Waals surface area contributed by atoms with Crippen molar-refractivity contribution in [3.63, 3.8) is 0 Å². The van der Waals surface area contributed by atoms with Crippen LogP contribution in [0.25, 0.3) is 0 Å². The van der Waals surface area contributed by atoms with E-state index in [0.717, 1.165) is 4.90 Å². The molecular weight excluding hydrogens is 354 g/mol. The molecule has 0 saturated heterocycles. The molecule has 0 aliphatic rings. The number of hydrogen-bond donors (Lipinski definition) is 2. The van der Waals surface area contributed by atoms with E-state index < -0.39 is 10.8 Å². The van der Waals surface area contributed by atoms with Crippen molar-refractivity contribution in [2.75, 3.05) is 16.9 Å². The molecule has 2 aromatic carbocycles. The molecule has 0 radical (unpaired) electrons. The zero-order valence-electron chi connectivity index (χ0n) is 14.6. The van der Waals surface area contributed by atoms with Crippen molar-refractivity contribution in [3.8, 4) is 0 Å². The summed E-state index contributed by atoms with van der Waals surface area (Å²) in [5.74, 6) is -0.809. The summed E-state index contributed by atoms with van der Waals surface area (Å²) in [6, 6.07) is 11.0. The summed E-state index contributed by atoms with van der Waals surface area (Å²) in [7, 11) is 0. The highest BCUT2D eigenvalue weighted by Gasteiger charge is 2.20. The van der Waals surface area contributed by atoms with E-state index in [4.69, 9.17) is 0 Å². The maximum atomic E-state index is 12.5. The molecule has 7 nitrogen and oxygen atoms in total. The van der Waals surface area contributed by atoms with Gasteiger partial charge in [-0.15, -0.1) is 11.8 Å². The number of nitro groups is 1. The molecule has 0 saturated carbocycles. The molecule has 0 spiro atoms. The maximum Gasteiger partial charge on any atom is 0.282 e. The maximum absolute atomic E-state index is 12.5. The lowest BCUT2D eigenvalue weighted by Crippen LogP contribution is -2.17. The highest BCUT2D eigenvalue weighted by atomic mass is 32.2. The Labute approximate surface area is 155 Å². The molecule has 0 aliphatic heterocycles. The van der Waals surface area contributed by atoms with E-state index in [9.17, 15) is 19.7 Å². The molecule has 2 N–H and O–H groups in total. The first-order valence-electron chi connectivity index (χ1n) is 7.86. The van der Waals surface area contributed by atoms with Gasteiger partial charge in [0.2, 0.25) is 5.91 Å². The summed E-state index contributed by atoms with van der Waals surface area (Å²) in [6.07, 6.45) is 1.83. The third-order valence-electron chi connectivity index (χ3n) is 3.58. The van der Waals surface area contributed by atoms with Crippen LogP contribution in [-0.2, 0) is 4.79 Å². The second kappa shape index (κ2) is 8.48. The summed E-state index contributed by atoms with van der Waals surface area (Å²) in [5, 5.41) is 16.6. The molecule has 2 aromatic rings. The summed E-state index contributed by atoms with van der Waals surface area (Å²) in [4.78, 5) is 35.5. The fraction of sp³-hybridized carbons (Fsp3) is 0.222. The van der Waals surface area contributed by atoms with E-state index >= 15 is 0 Å². The first-order valence-corrected chi connectivity index (χ1v) is 9.09. The van der Waals surface area contributed by atoms with Crippen molar-refractivity contribution in [1.29, 1.82) is 0 Å². The Morgan fingerprint density at radius 1 is 1.04 bits per heavy atom. The molecule has 0 heterocycles. The molecule has 0 fully saturated rings. The Bertz CT molecular complexity index is 835. The van der Waals surface area contributed by atoms with E-state index in [-0.39, 0.29) is 23.1 Å². The third-order valence-corrected chi connectivity index (χ3v) is 4.31. The Kier molecular flexibility index (Phi) is 6.35. The standard InChI is InChI=1S/C18H19N3O4S/c1-11(2)17(22)19-12-4-6-13(7-5-12)20-18(23)15-10-14(26-3)8-9-16(15)21(24)25/h4-11H,1-3H3,(H,19,22)(H,20,23). The lowest BCUT2D eigenvalue weighted by atomic mass is 10.1. The Morgan fingerprint density at radius 3 is 2.12 bits per heavy atom. The number of benzene rings is 2. The number of nitro benzene ring substituents is 1. The van der Waals surface area contributed by atoms with Crippen LogP contribution in [0.3, 0.4) is 0 Å². The van der Waals surface area contributed by atoms with Gasteiger partial charge in [0.1, 0.15) is 5.56 Å². The van der Waals surface area contributed by atoms with Gasteiger partial charge >= 0.3 is 0 Å². The van der Waals surface area contributed by atoms with E-state index in [1.807, 2.05) is 6.26 Å². The zero-order valence-corrected chi connectivity index (χ0v) is 15.4. The molecule has 2 amide bonds. The SMILES string of the molecule is CSc1ccc([N+](=O)[O-])c(C(=O)Nc2ccc(NC(=O)C(C)C)cc2)c1. The van der Waals surface area contributed by atoms with Gasteiger partial charge in [-0.2, -0.15) is 0 Å². The zero-order chi connectivity index (χ0) is 19.3. The van der Waals surface area contributed by atoms with Crippen LogP contribution >= 0.6 is 11.8 Å². The summed E-state index contributed by atoms with van der Waals surface area (Å²) in [5.41, 5.74) is 0.832. The number of rotatable bonds is 6. The predicted octanol–water partition coefficient (Wildman–Crippen LogP) is 4.16. The number of carbonyl (C=O) groups is 2. The number of nitrogens with one attached hydrogen (secondary N) is 2. The molecule has 8 heteroatoms. The minimum atomic E-state index is -0.580. The minimum Gasteiger partial charge on any atom is -0.326 e. The van der Waals surface area contributed by atoms with Crippen molar-refractivity contribution in [3.05, 3.63) is 58.1 Å². The van der Waals surface area contributed by atoms with Crippen molar-refractivity contribution in [1.82, 2.24) is 0 Å². The van der Waals surface area contributed by atoms with Gasteiger partial charge in [0.25, 0.3) is 11.6 Å². The first kappa shape index (κ1) is 19.5. The molecule has 136 valence electrons. The van der Waals surface area contributed by atoms with Crippen LogP contribution in [0.2, 0.25) is 0 Å². The number of anilines is 2. The van der Waals surface area contributed by atoms with Crippen molar-refractivity contribution in [2.45, 2.75) is 18.7 Å². The summed E-state index contributed by atoms with van der Waals surface area (Å²) in [6.45, 7) is 3.58. The molecule has 0 aliphatic carbocycles. The molecule has 0 bridgehead atoms. The Balaban J connectivity index is 2.17. The van der Waals surface area contributed by atoms with E-state index in [1.54, 1.807) is 44.2 Å². The fourth-order valence-corrected chi connectivity index (χ4v) is 2.54. The number of carbonyl (C=O) groups excluding carboxylic acids is 2. The van der Waals surface area contributed by atoms with Crippen LogP contribution in [0.5, 0.6) is 0 Å². The topological polar surface area (TPSA) is 101 Å². The van der Waals surface area contributed by atoms with E-state index in [0.29, 0.717) is 11.4 Å². The smallest absolute Gasteiger partial charge is 0.282 e. The van der Waals surface area contributed by atoms with Crippen LogP contribution in [0.1, 0.15) is 24.2 Å². The normalized spacial score (nSPS) is 10.5. The van der Waals surface area contributed by atoms with Gasteiger partial charge in [0.05, 0.1) is 4.92 Å². The Morgan fingerprint density at radius 2 is 1.62 bits per heavy atom. The molecule has 2 rings (SSSR count). The van der Waals surface area contributed by atoms with Crippen LogP contribution in [0.15, 0.2) is 47.4 Å². The molecule has 0 unspecified atom stereocenters. The first-order chi connectivity index (χ1) is 12.3. The largest absolute Gasteiger partial charge is 0.326 e. The number of thioether (sulfide) groups is 1. The monoisotopic (exact) mass is 373 g/mol.